The lowest BCUT2D eigenvalue weighted by Crippen LogP contribution is -2.50. The van der Waals surface area contributed by atoms with Crippen LogP contribution in [0.15, 0.2) is 48.5 Å². The number of nitrogens with zero attached hydrogens (tertiary/aromatic N) is 1. The molecule has 0 spiro atoms. The molecule has 2 aliphatic heterocycles. The van der Waals surface area contributed by atoms with Crippen LogP contribution >= 0.6 is 0 Å². The molecule has 0 aliphatic carbocycles. The Hall–Kier alpha value is -2.28. The van der Waals surface area contributed by atoms with Gasteiger partial charge in [0.2, 0.25) is 5.91 Å². The first-order valence-corrected chi connectivity index (χ1v) is 8.96. The largest absolute Gasteiger partial charge is 0.368 e. The molecule has 5 nitrogen and oxygen atoms in total. The van der Waals surface area contributed by atoms with Crippen molar-refractivity contribution in [3.8, 4) is 0 Å². The summed E-state index contributed by atoms with van der Waals surface area (Å²) in [6.45, 7) is 2.24. The summed E-state index contributed by atoms with van der Waals surface area (Å²) < 4.78 is 13.2. The highest BCUT2D eigenvalue weighted by Crippen LogP contribution is 2.29. The highest BCUT2D eigenvalue weighted by atomic mass is 19.1. The van der Waals surface area contributed by atoms with E-state index in [9.17, 15) is 9.18 Å². The maximum Gasteiger partial charge on any atom is 0.235 e. The first kappa shape index (κ1) is 17.1. The van der Waals surface area contributed by atoms with Crippen molar-refractivity contribution in [2.24, 2.45) is 11.7 Å². The summed E-state index contributed by atoms with van der Waals surface area (Å²) in [5, 5.41) is 0. The van der Waals surface area contributed by atoms with Gasteiger partial charge in [-0.25, -0.2) is 9.82 Å². The van der Waals surface area contributed by atoms with Crippen molar-refractivity contribution in [2.75, 3.05) is 13.1 Å². The Kier molecular flexibility index (Phi) is 4.72. The van der Waals surface area contributed by atoms with Crippen LogP contribution in [0.2, 0.25) is 0 Å². The number of carbonyl (C=O) groups excluding carboxylic acids is 1. The molecule has 4 N–H and O–H groups in total. The van der Waals surface area contributed by atoms with Crippen LogP contribution in [0.3, 0.4) is 0 Å². The van der Waals surface area contributed by atoms with Gasteiger partial charge in [0.05, 0.1) is 12.1 Å². The Morgan fingerprint density at radius 3 is 2.62 bits per heavy atom. The van der Waals surface area contributed by atoms with Crippen molar-refractivity contribution >= 4 is 5.91 Å². The molecule has 3 atom stereocenters. The van der Waals surface area contributed by atoms with E-state index in [-0.39, 0.29) is 29.7 Å². The number of fused-ring (bicyclic) bond motifs is 1. The number of rotatable bonds is 4. The highest BCUT2D eigenvalue weighted by Gasteiger charge is 2.35. The van der Waals surface area contributed by atoms with Crippen LogP contribution in [0, 0.1) is 11.7 Å². The molecule has 3 unspecified atom stereocenters. The number of benzene rings is 2. The van der Waals surface area contributed by atoms with Crippen LogP contribution < -0.4 is 16.6 Å². The molecule has 136 valence electrons. The van der Waals surface area contributed by atoms with Gasteiger partial charge in [0, 0.05) is 25.6 Å². The summed E-state index contributed by atoms with van der Waals surface area (Å²) in [6.07, 6.45) is 0.653. The zero-order chi connectivity index (χ0) is 18.1. The average molecular weight is 354 g/mol. The number of halogens is 1. The van der Waals surface area contributed by atoms with Gasteiger partial charge in [-0.1, -0.05) is 36.4 Å². The Morgan fingerprint density at radius 2 is 1.88 bits per heavy atom. The molecule has 0 saturated carbocycles. The van der Waals surface area contributed by atoms with Crippen LogP contribution in [0.1, 0.15) is 22.7 Å². The van der Waals surface area contributed by atoms with Crippen LogP contribution in [0.5, 0.6) is 0 Å². The normalized spacial score (nSPS) is 25.8. The summed E-state index contributed by atoms with van der Waals surface area (Å²) in [5.41, 5.74) is 15.7. The Bertz CT molecular complexity index is 795. The molecule has 4 rings (SSSR count). The number of hydrogen-bond donors (Lipinski definition) is 3. The maximum atomic E-state index is 13.2. The third-order valence-electron chi connectivity index (χ3n) is 5.47. The minimum Gasteiger partial charge on any atom is -0.368 e. The average Bonchev–Trinajstić information content (AvgIpc) is 3.10. The molecule has 1 fully saturated rings. The number of hydrogen-bond acceptors (Lipinski definition) is 4. The second kappa shape index (κ2) is 7.15. The summed E-state index contributed by atoms with van der Waals surface area (Å²) in [6, 6.07) is 14.6. The highest BCUT2D eigenvalue weighted by molar-refractivity contribution is 5.80. The predicted molar refractivity (Wildman–Crippen MR) is 97.3 cm³/mol. The molecule has 0 bridgehead atoms. The number of hydrazine groups is 1. The summed E-state index contributed by atoms with van der Waals surface area (Å²) in [4.78, 5) is 14.2. The van der Waals surface area contributed by atoms with E-state index >= 15 is 0 Å². The topological polar surface area (TPSA) is 70.4 Å². The Labute approximate surface area is 152 Å². The minimum atomic E-state index is -0.292. The molecule has 2 aromatic carbocycles. The summed E-state index contributed by atoms with van der Waals surface area (Å²) in [7, 11) is 0. The predicted octanol–water partition coefficient (Wildman–Crippen LogP) is 1.50. The molecule has 0 aromatic heterocycles. The molecular weight excluding hydrogens is 331 g/mol. The smallest absolute Gasteiger partial charge is 0.235 e. The molecule has 6 heteroatoms. The molecule has 2 aliphatic rings. The lowest BCUT2D eigenvalue weighted by atomic mass is 9.90. The molecule has 0 radical (unpaired) electrons. The van der Waals surface area contributed by atoms with Gasteiger partial charge < -0.3 is 5.73 Å². The minimum absolute atomic E-state index is 0.0706. The number of primary amides is 1. The van der Waals surface area contributed by atoms with Gasteiger partial charge in [-0.05, 0) is 35.2 Å². The van der Waals surface area contributed by atoms with Crippen LogP contribution in [0.25, 0.3) is 0 Å². The second-order valence-electron chi connectivity index (χ2n) is 7.13. The van der Waals surface area contributed by atoms with Crippen molar-refractivity contribution in [3.63, 3.8) is 0 Å². The van der Waals surface area contributed by atoms with Gasteiger partial charge in [-0.2, -0.15) is 0 Å². The van der Waals surface area contributed by atoms with Gasteiger partial charge >= 0.3 is 0 Å². The summed E-state index contributed by atoms with van der Waals surface area (Å²) >= 11 is 0. The molecule has 1 amide bonds. The van der Waals surface area contributed by atoms with Gasteiger partial charge in [-0.3, -0.25) is 15.1 Å². The quantitative estimate of drug-likeness (QED) is 0.778. The van der Waals surface area contributed by atoms with E-state index in [1.54, 1.807) is 0 Å². The maximum absolute atomic E-state index is 13.2. The Balaban J connectivity index is 1.54. The van der Waals surface area contributed by atoms with E-state index < -0.39 is 0 Å². The third kappa shape index (κ3) is 3.35. The monoisotopic (exact) mass is 354 g/mol. The lowest BCUT2D eigenvalue weighted by Gasteiger charge is -2.37. The van der Waals surface area contributed by atoms with Crippen molar-refractivity contribution < 1.29 is 9.18 Å². The fourth-order valence-corrected chi connectivity index (χ4v) is 4.08. The Morgan fingerprint density at radius 1 is 1.15 bits per heavy atom. The van der Waals surface area contributed by atoms with E-state index in [2.05, 4.69) is 27.9 Å². The zero-order valence-corrected chi connectivity index (χ0v) is 14.5. The van der Waals surface area contributed by atoms with E-state index in [1.165, 1.54) is 23.3 Å². The SMILES string of the molecule is NC(=O)C1Cc2ccccc2CN1CC1CNNC1c1ccc(F)cc1. The number of nitrogens with one attached hydrogen (secondary N) is 2. The summed E-state index contributed by atoms with van der Waals surface area (Å²) in [5.74, 6) is -0.262. The molecule has 2 heterocycles. The second-order valence-corrected chi connectivity index (χ2v) is 7.13. The number of nitrogens with two attached hydrogens (primary N) is 1. The number of amides is 1. The van der Waals surface area contributed by atoms with Crippen LogP contribution in [-0.2, 0) is 17.8 Å². The van der Waals surface area contributed by atoms with E-state index in [4.69, 9.17) is 5.73 Å². The van der Waals surface area contributed by atoms with E-state index in [0.717, 1.165) is 25.2 Å². The van der Waals surface area contributed by atoms with Crippen LogP contribution in [-0.4, -0.2) is 29.9 Å². The standard InChI is InChI=1S/C20H23FN4O/c21-17-7-5-13(6-8-17)19-16(10-23-24-19)12-25-11-15-4-2-1-3-14(15)9-18(25)20(22)26/h1-8,16,18-19,23-24H,9-12H2,(H2,22,26). The lowest BCUT2D eigenvalue weighted by molar-refractivity contribution is -0.124. The zero-order valence-electron chi connectivity index (χ0n) is 14.5. The van der Waals surface area contributed by atoms with Crippen molar-refractivity contribution in [1.82, 2.24) is 15.8 Å². The van der Waals surface area contributed by atoms with Gasteiger partial charge in [0.15, 0.2) is 0 Å². The van der Waals surface area contributed by atoms with E-state index in [0.29, 0.717) is 6.42 Å². The van der Waals surface area contributed by atoms with Crippen molar-refractivity contribution in [3.05, 3.63) is 71.0 Å². The van der Waals surface area contributed by atoms with Crippen LogP contribution in [0.4, 0.5) is 4.39 Å². The third-order valence-corrected chi connectivity index (χ3v) is 5.47. The van der Waals surface area contributed by atoms with Gasteiger partial charge in [0.1, 0.15) is 5.82 Å². The van der Waals surface area contributed by atoms with Gasteiger partial charge in [-0.15, -0.1) is 0 Å². The fourth-order valence-electron chi connectivity index (χ4n) is 4.08. The molecule has 1 saturated heterocycles. The first-order chi connectivity index (χ1) is 12.6. The molecule has 26 heavy (non-hydrogen) atoms. The van der Waals surface area contributed by atoms with E-state index in [1.807, 2.05) is 24.3 Å². The first-order valence-electron chi connectivity index (χ1n) is 8.96. The number of carbonyl (C=O) groups is 1. The molecular formula is C20H23FN4O. The fraction of sp³-hybridized carbons (Fsp3) is 0.350. The van der Waals surface area contributed by atoms with Gasteiger partial charge in [0.25, 0.3) is 0 Å². The van der Waals surface area contributed by atoms with Crippen molar-refractivity contribution in [1.29, 1.82) is 0 Å². The van der Waals surface area contributed by atoms with Crippen molar-refractivity contribution in [2.45, 2.75) is 25.0 Å². The molecule has 2 aromatic rings.